The Morgan fingerprint density at radius 1 is 0.909 bits per heavy atom. The van der Waals surface area contributed by atoms with E-state index in [0.29, 0.717) is 0 Å². The number of rotatable bonds is 3. The molecular formula is C18H15N4+. The summed E-state index contributed by atoms with van der Waals surface area (Å²) in [5.74, 6) is 0. The molecule has 1 aromatic carbocycles. The van der Waals surface area contributed by atoms with Crippen LogP contribution in [-0.2, 0) is 6.42 Å². The summed E-state index contributed by atoms with van der Waals surface area (Å²) in [7, 11) is 0. The zero-order valence-electron chi connectivity index (χ0n) is 12.0. The van der Waals surface area contributed by atoms with E-state index in [2.05, 4.69) is 58.9 Å². The van der Waals surface area contributed by atoms with E-state index >= 15 is 0 Å². The molecule has 0 atom stereocenters. The molecular weight excluding hydrogens is 272 g/mol. The molecule has 106 valence electrons. The Labute approximate surface area is 128 Å². The third-order valence-corrected chi connectivity index (χ3v) is 3.68. The first-order chi connectivity index (χ1) is 10.9. The minimum absolute atomic E-state index is 0.852. The number of hydrogen-bond acceptors (Lipinski definition) is 2. The first kappa shape index (κ1) is 12.7. The lowest BCUT2D eigenvalue weighted by molar-refractivity contribution is -0.596. The molecule has 0 fully saturated rings. The summed E-state index contributed by atoms with van der Waals surface area (Å²) in [6.45, 7) is 0. The van der Waals surface area contributed by atoms with E-state index in [1.165, 1.54) is 11.1 Å². The summed E-state index contributed by atoms with van der Waals surface area (Å²) < 4.78 is 3.82. The molecule has 0 saturated carbocycles. The van der Waals surface area contributed by atoms with Crippen LogP contribution in [0.3, 0.4) is 0 Å². The lowest BCUT2D eigenvalue weighted by Gasteiger charge is -2.01. The van der Waals surface area contributed by atoms with Crippen molar-refractivity contribution in [3.8, 4) is 5.69 Å². The molecule has 0 radical (unpaired) electrons. The maximum atomic E-state index is 4.39. The zero-order valence-corrected chi connectivity index (χ0v) is 12.0. The fraction of sp³-hybridized carbons (Fsp3) is 0.0556. The average molecular weight is 287 g/mol. The highest BCUT2D eigenvalue weighted by Crippen LogP contribution is 2.08. The number of pyridine rings is 1. The van der Waals surface area contributed by atoms with Gasteiger partial charge >= 0.3 is 0 Å². The van der Waals surface area contributed by atoms with Crippen molar-refractivity contribution in [2.24, 2.45) is 0 Å². The Balaban J connectivity index is 1.61. The summed E-state index contributed by atoms with van der Waals surface area (Å²) in [6.07, 6.45) is 10.6. The van der Waals surface area contributed by atoms with Gasteiger partial charge in [-0.25, -0.2) is 9.50 Å². The minimum Gasteiger partial charge on any atom is -0.230 e. The molecule has 0 unspecified atom stereocenters. The van der Waals surface area contributed by atoms with E-state index in [0.717, 1.165) is 17.8 Å². The van der Waals surface area contributed by atoms with Crippen LogP contribution < -0.4 is 4.57 Å². The summed E-state index contributed by atoms with van der Waals surface area (Å²) in [5.41, 5.74) is 4.45. The second-order valence-electron chi connectivity index (χ2n) is 5.22. The van der Waals surface area contributed by atoms with Crippen molar-refractivity contribution >= 4 is 5.65 Å². The van der Waals surface area contributed by atoms with Crippen LogP contribution in [0.5, 0.6) is 0 Å². The van der Waals surface area contributed by atoms with Crippen LogP contribution >= 0.6 is 0 Å². The number of aromatic nitrogens is 4. The van der Waals surface area contributed by atoms with Crippen LogP contribution in [0.2, 0.25) is 0 Å². The van der Waals surface area contributed by atoms with Gasteiger partial charge in [0, 0.05) is 18.2 Å². The number of hydrogen-bond donors (Lipinski definition) is 0. The van der Waals surface area contributed by atoms with E-state index in [1.807, 2.05) is 29.1 Å². The molecule has 0 bridgehead atoms. The number of benzene rings is 1. The van der Waals surface area contributed by atoms with Crippen LogP contribution in [0.4, 0.5) is 0 Å². The zero-order chi connectivity index (χ0) is 14.8. The second kappa shape index (κ2) is 5.41. The van der Waals surface area contributed by atoms with Gasteiger partial charge in [-0.05, 0) is 17.5 Å². The first-order valence-corrected chi connectivity index (χ1v) is 7.22. The van der Waals surface area contributed by atoms with Gasteiger partial charge in [0.05, 0.1) is 6.20 Å². The predicted molar refractivity (Wildman–Crippen MR) is 83.8 cm³/mol. The smallest absolute Gasteiger partial charge is 0.230 e. The molecule has 22 heavy (non-hydrogen) atoms. The Morgan fingerprint density at radius 2 is 1.68 bits per heavy atom. The van der Waals surface area contributed by atoms with Crippen molar-refractivity contribution in [1.82, 2.24) is 14.6 Å². The van der Waals surface area contributed by atoms with Gasteiger partial charge in [-0.3, -0.25) is 0 Å². The van der Waals surface area contributed by atoms with Gasteiger partial charge in [-0.2, -0.15) is 9.67 Å². The molecule has 0 amide bonds. The monoisotopic (exact) mass is 287 g/mol. The largest absolute Gasteiger partial charge is 0.247 e. The molecule has 3 aromatic heterocycles. The Kier molecular flexibility index (Phi) is 3.12. The fourth-order valence-electron chi connectivity index (χ4n) is 2.51. The highest BCUT2D eigenvalue weighted by molar-refractivity contribution is 5.37. The van der Waals surface area contributed by atoms with Crippen molar-refractivity contribution in [3.63, 3.8) is 0 Å². The summed E-state index contributed by atoms with van der Waals surface area (Å²) in [4.78, 5) is 4.39. The lowest BCUT2D eigenvalue weighted by Crippen LogP contribution is -2.30. The summed E-state index contributed by atoms with van der Waals surface area (Å²) in [6, 6.07) is 16.7. The minimum atomic E-state index is 0.852. The number of fused-ring (bicyclic) bond motifs is 1. The normalized spacial score (nSPS) is 10.9. The Bertz CT molecular complexity index is 895. The predicted octanol–water partition coefficient (Wildman–Crippen LogP) is 2.60. The molecule has 0 saturated heterocycles. The molecule has 4 aromatic rings. The van der Waals surface area contributed by atoms with Crippen LogP contribution in [-0.4, -0.2) is 14.6 Å². The number of nitrogens with zero attached hydrogens (tertiary/aromatic N) is 4. The van der Waals surface area contributed by atoms with E-state index in [4.69, 9.17) is 0 Å². The quantitative estimate of drug-likeness (QED) is 0.543. The second-order valence-corrected chi connectivity index (χ2v) is 5.22. The first-order valence-electron chi connectivity index (χ1n) is 7.22. The molecule has 0 spiro atoms. The Hall–Kier alpha value is -3.01. The van der Waals surface area contributed by atoms with Crippen molar-refractivity contribution in [3.05, 3.63) is 90.6 Å². The molecule has 0 aliphatic rings. The van der Waals surface area contributed by atoms with Gasteiger partial charge in [0.1, 0.15) is 12.4 Å². The van der Waals surface area contributed by atoms with Gasteiger partial charge < -0.3 is 0 Å². The average Bonchev–Trinajstić information content (AvgIpc) is 3.04. The van der Waals surface area contributed by atoms with Gasteiger partial charge in [-0.15, -0.1) is 0 Å². The maximum Gasteiger partial charge on any atom is 0.247 e. The van der Waals surface area contributed by atoms with Crippen molar-refractivity contribution in [2.75, 3.05) is 0 Å². The van der Waals surface area contributed by atoms with Crippen molar-refractivity contribution in [2.45, 2.75) is 6.42 Å². The highest BCUT2D eigenvalue weighted by Gasteiger charge is 2.08. The summed E-state index contributed by atoms with van der Waals surface area (Å²) >= 11 is 0. The van der Waals surface area contributed by atoms with Gasteiger partial charge in [0.15, 0.2) is 18.0 Å². The highest BCUT2D eigenvalue weighted by atomic mass is 15.2. The van der Waals surface area contributed by atoms with Gasteiger partial charge in [0.25, 0.3) is 0 Å². The molecule has 4 rings (SSSR count). The molecule has 0 aliphatic carbocycles. The SMILES string of the molecule is c1ccc(Cc2cc[n+](-c3cnc4ccnn4c3)cc2)cc1. The lowest BCUT2D eigenvalue weighted by atomic mass is 10.1. The van der Waals surface area contributed by atoms with Gasteiger partial charge in [-0.1, -0.05) is 30.3 Å². The van der Waals surface area contributed by atoms with Crippen molar-refractivity contribution in [1.29, 1.82) is 0 Å². The third-order valence-electron chi connectivity index (χ3n) is 3.68. The van der Waals surface area contributed by atoms with Crippen molar-refractivity contribution < 1.29 is 4.57 Å². The van der Waals surface area contributed by atoms with E-state index in [1.54, 1.807) is 10.7 Å². The van der Waals surface area contributed by atoms with Crippen LogP contribution in [0.1, 0.15) is 11.1 Å². The van der Waals surface area contributed by atoms with Crippen LogP contribution in [0.15, 0.2) is 79.5 Å². The standard InChI is InChI=1S/C18H15N4/c1-2-4-15(5-3-1)12-16-7-10-21(11-8-16)17-13-19-18-6-9-20-22(18)14-17/h1-11,13-14H,12H2/q+1. The third kappa shape index (κ3) is 2.46. The molecule has 4 nitrogen and oxygen atoms in total. The maximum absolute atomic E-state index is 4.39. The van der Waals surface area contributed by atoms with Crippen LogP contribution in [0.25, 0.3) is 11.3 Å². The Morgan fingerprint density at radius 3 is 2.50 bits per heavy atom. The van der Waals surface area contributed by atoms with Crippen LogP contribution in [0, 0.1) is 0 Å². The fourth-order valence-corrected chi connectivity index (χ4v) is 2.51. The summed E-state index contributed by atoms with van der Waals surface area (Å²) in [5, 5.41) is 4.22. The molecule has 3 heterocycles. The molecule has 0 aliphatic heterocycles. The van der Waals surface area contributed by atoms with Gasteiger partial charge in [0.2, 0.25) is 5.69 Å². The molecule has 4 heteroatoms. The van der Waals surface area contributed by atoms with E-state index in [9.17, 15) is 0 Å². The van der Waals surface area contributed by atoms with E-state index in [-0.39, 0.29) is 0 Å². The van der Waals surface area contributed by atoms with E-state index < -0.39 is 0 Å². The molecule has 0 N–H and O–H groups in total. The topological polar surface area (TPSA) is 34.1 Å².